The molecule has 0 radical (unpaired) electrons. The Morgan fingerprint density at radius 3 is 2.50 bits per heavy atom. The van der Waals surface area contributed by atoms with Gasteiger partial charge in [-0.25, -0.2) is 0 Å². The third-order valence-electron chi connectivity index (χ3n) is 3.45. The van der Waals surface area contributed by atoms with E-state index in [2.05, 4.69) is 73.7 Å². The quantitative estimate of drug-likeness (QED) is 0.653. The first-order valence-corrected chi connectivity index (χ1v) is 5.65. The van der Waals surface area contributed by atoms with Crippen molar-refractivity contribution < 1.29 is 0 Å². The van der Waals surface area contributed by atoms with Gasteiger partial charge in [-0.1, -0.05) is 66.8 Å². The average molecular weight is 206 g/mol. The molecule has 3 rings (SSSR count). The van der Waals surface area contributed by atoms with Crippen LogP contribution in [0.3, 0.4) is 0 Å². The van der Waals surface area contributed by atoms with Crippen molar-refractivity contribution in [1.82, 2.24) is 0 Å². The second-order valence-corrected chi connectivity index (χ2v) is 4.38. The summed E-state index contributed by atoms with van der Waals surface area (Å²) >= 11 is 0. The Balaban J connectivity index is 2.23. The fourth-order valence-corrected chi connectivity index (χ4v) is 2.60. The van der Waals surface area contributed by atoms with E-state index in [9.17, 15) is 0 Å². The lowest BCUT2D eigenvalue weighted by Gasteiger charge is -2.29. The van der Waals surface area contributed by atoms with E-state index in [-0.39, 0.29) is 5.41 Å². The molecule has 0 N–H and O–H groups in total. The number of benzene rings is 1. The zero-order valence-corrected chi connectivity index (χ0v) is 9.35. The summed E-state index contributed by atoms with van der Waals surface area (Å²) < 4.78 is 0. The largest absolute Gasteiger partial charge is 0.0658 e. The maximum absolute atomic E-state index is 2.30. The minimum absolute atomic E-state index is 0.0138. The lowest BCUT2D eigenvalue weighted by atomic mass is 9.73. The Morgan fingerprint density at radius 2 is 1.69 bits per heavy atom. The molecule has 0 aromatic heterocycles. The van der Waals surface area contributed by atoms with E-state index in [1.807, 2.05) is 0 Å². The summed E-state index contributed by atoms with van der Waals surface area (Å²) in [7, 11) is 0. The van der Waals surface area contributed by atoms with Crippen LogP contribution in [0.5, 0.6) is 0 Å². The van der Waals surface area contributed by atoms with Gasteiger partial charge >= 0.3 is 0 Å². The van der Waals surface area contributed by atoms with E-state index in [1.165, 1.54) is 16.7 Å². The van der Waals surface area contributed by atoms with Crippen molar-refractivity contribution in [3.8, 4) is 0 Å². The zero-order chi connectivity index (χ0) is 11.0. The smallest absolute Gasteiger partial charge is 0.0571 e. The monoisotopic (exact) mass is 206 g/mol. The van der Waals surface area contributed by atoms with Crippen LogP contribution in [-0.4, -0.2) is 0 Å². The average Bonchev–Trinajstić information content (AvgIpc) is 2.70. The molecule has 0 aliphatic heterocycles. The number of hydrogen-bond acceptors (Lipinski definition) is 0. The van der Waals surface area contributed by atoms with Gasteiger partial charge in [0.05, 0.1) is 5.41 Å². The van der Waals surface area contributed by atoms with Crippen LogP contribution in [-0.2, 0) is 5.41 Å². The van der Waals surface area contributed by atoms with Crippen molar-refractivity contribution in [3.63, 3.8) is 0 Å². The number of fused-ring (bicyclic) bond motifs is 1. The van der Waals surface area contributed by atoms with E-state index in [0.717, 1.165) is 0 Å². The topological polar surface area (TPSA) is 0 Å². The molecule has 1 aromatic carbocycles. The molecular weight excluding hydrogens is 192 g/mol. The molecule has 0 bridgehead atoms. The maximum Gasteiger partial charge on any atom is 0.0571 e. The van der Waals surface area contributed by atoms with Gasteiger partial charge in [-0.05, 0) is 23.6 Å². The van der Waals surface area contributed by atoms with Gasteiger partial charge < -0.3 is 0 Å². The number of allylic oxidation sites excluding steroid dienone is 8. The first kappa shape index (κ1) is 9.41. The molecule has 1 aromatic rings. The second-order valence-electron chi connectivity index (χ2n) is 4.38. The lowest BCUT2D eigenvalue weighted by Crippen LogP contribution is -2.22. The van der Waals surface area contributed by atoms with Crippen LogP contribution < -0.4 is 0 Å². The molecule has 0 saturated carbocycles. The van der Waals surface area contributed by atoms with Gasteiger partial charge in [0, 0.05) is 0 Å². The Labute approximate surface area is 96.3 Å². The third-order valence-corrected chi connectivity index (χ3v) is 3.45. The predicted octanol–water partition coefficient (Wildman–Crippen LogP) is 3.94. The molecule has 1 unspecified atom stereocenters. The van der Waals surface area contributed by atoms with Gasteiger partial charge in [0.2, 0.25) is 0 Å². The molecule has 0 nitrogen and oxygen atoms in total. The summed E-state index contributed by atoms with van der Waals surface area (Å²) in [5.41, 5.74) is 4.10. The van der Waals surface area contributed by atoms with Gasteiger partial charge in [0.1, 0.15) is 0 Å². The van der Waals surface area contributed by atoms with Crippen LogP contribution in [0.15, 0.2) is 77.9 Å². The molecule has 0 fully saturated rings. The van der Waals surface area contributed by atoms with Crippen molar-refractivity contribution in [3.05, 3.63) is 83.5 Å². The highest BCUT2D eigenvalue weighted by molar-refractivity contribution is 5.62. The molecule has 0 heteroatoms. The molecule has 78 valence electrons. The highest BCUT2D eigenvalue weighted by Crippen LogP contribution is 2.43. The summed E-state index contributed by atoms with van der Waals surface area (Å²) in [6.45, 7) is 2.18. The fourth-order valence-electron chi connectivity index (χ4n) is 2.60. The SMILES string of the molecule is CC1=C2C=CC=CC2(c2ccccc2)C=C1. The molecule has 1 atom stereocenters. The van der Waals surface area contributed by atoms with Crippen molar-refractivity contribution in [2.45, 2.75) is 12.3 Å². The van der Waals surface area contributed by atoms with Gasteiger partial charge in [-0.15, -0.1) is 0 Å². The Hall–Kier alpha value is -1.82. The maximum atomic E-state index is 2.30. The van der Waals surface area contributed by atoms with Crippen LogP contribution >= 0.6 is 0 Å². The van der Waals surface area contributed by atoms with Crippen molar-refractivity contribution in [2.75, 3.05) is 0 Å². The van der Waals surface area contributed by atoms with E-state index in [4.69, 9.17) is 0 Å². The third kappa shape index (κ3) is 1.16. The van der Waals surface area contributed by atoms with Gasteiger partial charge in [-0.3, -0.25) is 0 Å². The zero-order valence-electron chi connectivity index (χ0n) is 9.35. The van der Waals surface area contributed by atoms with Crippen LogP contribution in [0.2, 0.25) is 0 Å². The highest BCUT2D eigenvalue weighted by Gasteiger charge is 2.34. The van der Waals surface area contributed by atoms with E-state index in [1.54, 1.807) is 0 Å². The minimum atomic E-state index is -0.0138. The van der Waals surface area contributed by atoms with Crippen molar-refractivity contribution >= 4 is 0 Å². The number of hydrogen-bond donors (Lipinski definition) is 0. The molecule has 2 aliphatic carbocycles. The van der Waals surface area contributed by atoms with Gasteiger partial charge in [0.25, 0.3) is 0 Å². The van der Waals surface area contributed by atoms with Crippen molar-refractivity contribution in [2.24, 2.45) is 0 Å². The first-order valence-electron chi connectivity index (χ1n) is 5.65. The summed E-state index contributed by atoms with van der Waals surface area (Å²) in [6.07, 6.45) is 13.3. The highest BCUT2D eigenvalue weighted by atomic mass is 14.4. The molecule has 0 amide bonds. The molecule has 0 saturated heterocycles. The standard InChI is InChI=1S/C16H14/c1-13-10-12-16(11-6-5-9-15(13)16)14-7-3-2-4-8-14/h2-12H,1H3. The summed E-state index contributed by atoms with van der Waals surface area (Å²) in [6, 6.07) is 10.7. The first-order chi connectivity index (χ1) is 7.83. The molecule has 0 heterocycles. The number of rotatable bonds is 1. The van der Waals surface area contributed by atoms with Crippen LogP contribution in [0.1, 0.15) is 12.5 Å². The normalized spacial score (nSPS) is 26.3. The molecule has 16 heavy (non-hydrogen) atoms. The summed E-state index contributed by atoms with van der Waals surface area (Å²) in [5.74, 6) is 0. The van der Waals surface area contributed by atoms with Gasteiger partial charge in [-0.2, -0.15) is 0 Å². The molecular formula is C16H14. The van der Waals surface area contributed by atoms with E-state index < -0.39 is 0 Å². The summed E-state index contributed by atoms with van der Waals surface area (Å²) in [5, 5.41) is 0. The summed E-state index contributed by atoms with van der Waals surface area (Å²) in [4.78, 5) is 0. The van der Waals surface area contributed by atoms with E-state index in [0.29, 0.717) is 0 Å². The van der Waals surface area contributed by atoms with Gasteiger partial charge in [0.15, 0.2) is 0 Å². The molecule has 2 aliphatic rings. The van der Waals surface area contributed by atoms with E-state index >= 15 is 0 Å². The van der Waals surface area contributed by atoms with Crippen LogP contribution in [0, 0.1) is 0 Å². The second kappa shape index (κ2) is 3.34. The Kier molecular flexibility index (Phi) is 1.97. The Bertz CT molecular complexity index is 526. The lowest BCUT2D eigenvalue weighted by molar-refractivity contribution is 0.819. The fraction of sp³-hybridized carbons (Fsp3) is 0.125. The van der Waals surface area contributed by atoms with Crippen molar-refractivity contribution in [1.29, 1.82) is 0 Å². The minimum Gasteiger partial charge on any atom is -0.0658 e. The Morgan fingerprint density at radius 1 is 0.875 bits per heavy atom. The van der Waals surface area contributed by atoms with Crippen LogP contribution in [0.25, 0.3) is 0 Å². The molecule has 0 spiro atoms. The van der Waals surface area contributed by atoms with Crippen LogP contribution in [0.4, 0.5) is 0 Å². The predicted molar refractivity (Wildman–Crippen MR) is 68.2 cm³/mol.